The fourth-order valence-corrected chi connectivity index (χ4v) is 5.36. The van der Waals surface area contributed by atoms with Crippen LogP contribution < -0.4 is 5.32 Å². The standard InChI is InChI=1S/C22H32N2O7S/c1-4-29-21(26)18-14(2)19(22(27)31-12-11-28-3)32-20(18)23-17(25)13-24-9-10-30-16-8-6-5-7-15(16)24/h15-16H,4-13H2,1-3H3,(H,23,25). The molecule has 0 radical (unpaired) electrons. The number of rotatable bonds is 9. The summed E-state index contributed by atoms with van der Waals surface area (Å²) in [7, 11) is 1.51. The van der Waals surface area contributed by atoms with Gasteiger partial charge in [-0.1, -0.05) is 12.8 Å². The number of nitrogens with zero attached hydrogens (tertiary/aromatic N) is 1. The number of thiophene rings is 1. The van der Waals surface area contributed by atoms with Gasteiger partial charge in [-0.15, -0.1) is 11.3 Å². The molecule has 3 rings (SSSR count). The molecule has 1 saturated heterocycles. The first-order chi connectivity index (χ1) is 15.5. The molecule has 9 nitrogen and oxygen atoms in total. The lowest BCUT2D eigenvalue weighted by atomic mass is 9.90. The van der Waals surface area contributed by atoms with Crippen LogP contribution in [0.15, 0.2) is 0 Å². The van der Waals surface area contributed by atoms with Gasteiger partial charge in [0.15, 0.2) is 0 Å². The molecule has 0 aromatic carbocycles. The van der Waals surface area contributed by atoms with Crippen molar-refractivity contribution in [2.75, 3.05) is 51.9 Å². The number of hydrogen-bond donors (Lipinski definition) is 1. The smallest absolute Gasteiger partial charge is 0.348 e. The third kappa shape index (κ3) is 5.86. The summed E-state index contributed by atoms with van der Waals surface area (Å²) in [6, 6.07) is 0.240. The predicted octanol–water partition coefficient (Wildman–Crippen LogP) is 2.62. The Morgan fingerprint density at radius 1 is 1.16 bits per heavy atom. The molecule has 1 N–H and O–H groups in total. The first kappa shape index (κ1) is 24.6. The van der Waals surface area contributed by atoms with Gasteiger partial charge in [-0.3, -0.25) is 9.69 Å². The fraction of sp³-hybridized carbons (Fsp3) is 0.682. The third-order valence-corrected chi connectivity index (χ3v) is 6.97. The minimum absolute atomic E-state index is 0.0999. The van der Waals surface area contributed by atoms with Crippen molar-refractivity contribution in [3.05, 3.63) is 16.0 Å². The van der Waals surface area contributed by atoms with E-state index < -0.39 is 11.9 Å². The van der Waals surface area contributed by atoms with E-state index >= 15 is 0 Å². The lowest BCUT2D eigenvalue weighted by Gasteiger charge is -2.43. The van der Waals surface area contributed by atoms with Crippen LogP contribution >= 0.6 is 11.3 Å². The maximum atomic E-state index is 12.9. The van der Waals surface area contributed by atoms with Crippen molar-refractivity contribution in [1.29, 1.82) is 0 Å². The fourth-order valence-electron chi connectivity index (χ4n) is 4.25. The van der Waals surface area contributed by atoms with E-state index in [9.17, 15) is 14.4 Å². The van der Waals surface area contributed by atoms with E-state index in [-0.39, 0.29) is 54.9 Å². The number of amides is 1. The van der Waals surface area contributed by atoms with Crippen molar-refractivity contribution in [1.82, 2.24) is 4.90 Å². The summed E-state index contributed by atoms with van der Waals surface area (Å²) in [6.45, 7) is 5.42. The third-order valence-electron chi connectivity index (χ3n) is 5.78. The number of ether oxygens (including phenoxy) is 4. The quantitative estimate of drug-likeness (QED) is 0.436. The highest BCUT2D eigenvalue weighted by Crippen LogP contribution is 2.35. The van der Waals surface area contributed by atoms with E-state index in [2.05, 4.69) is 10.2 Å². The lowest BCUT2D eigenvalue weighted by Crippen LogP contribution is -2.54. The molecule has 2 heterocycles. The predicted molar refractivity (Wildman–Crippen MR) is 119 cm³/mol. The molecule has 1 aromatic heterocycles. The van der Waals surface area contributed by atoms with Crippen LogP contribution in [0.2, 0.25) is 0 Å². The van der Waals surface area contributed by atoms with Gasteiger partial charge in [-0.2, -0.15) is 0 Å². The Bertz CT molecular complexity index is 823. The van der Waals surface area contributed by atoms with Crippen molar-refractivity contribution >= 4 is 34.2 Å². The molecule has 1 aliphatic heterocycles. The first-order valence-electron chi connectivity index (χ1n) is 11.1. The minimum atomic E-state index is -0.578. The van der Waals surface area contributed by atoms with Gasteiger partial charge in [0.2, 0.25) is 5.91 Å². The van der Waals surface area contributed by atoms with Gasteiger partial charge >= 0.3 is 11.9 Å². The molecule has 1 saturated carbocycles. The maximum Gasteiger partial charge on any atom is 0.348 e. The number of carbonyl (C=O) groups is 3. The molecule has 178 valence electrons. The minimum Gasteiger partial charge on any atom is -0.462 e. The van der Waals surface area contributed by atoms with E-state index in [4.69, 9.17) is 18.9 Å². The monoisotopic (exact) mass is 468 g/mol. The molecule has 0 bridgehead atoms. The molecule has 1 aromatic rings. The average molecular weight is 469 g/mol. The number of methoxy groups -OCH3 is 1. The number of anilines is 1. The summed E-state index contributed by atoms with van der Waals surface area (Å²) in [5.74, 6) is -1.37. The van der Waals surface area contributed by atoms with Crippen LogP contribution in [0.4, 0.5) is 5.00 Å². The largest absolute Gasteiger partial charge is 0.462 e. The van der Waals surface area contributed by atoms with Crippen LogP contribution in [0.5, 0.6) is 0 Å². The molecule has 2 aliphatic rings. The summed E-state index contributed by atoms with van der Waals surface area (Å²) in [5.41, 5.74) is 0.631. The number of morpholine rings is 1. The molecule has 0 spiro atoms. The zero-order chi connectivity index (χ0) is 23.1. The molecule has 10 heteroatoms. The Labute approximate surface area is 192 Å². The van der Waals surface area contributed by atoms with E-state index in [0.717, 1.165) is 37.0 Å². The Balaban J connectivity index is 1.74. The second-order valence-electron chi connectivity index (χ2n) is 7.89. The van der Waals surface area contributed by atoms with Gasteiger partial charge in [-0.25, -0.2) is 9.59 Å². The van der Waals surface area contributed by atoms with Crippen LogP contribution in [0.25, 0.3) is 0 Å². The van der Waals surface area contributed by atoms with Crippen LogP contribution in [-0.2, 0) is 23.7 Å². The van der Waals surface area contributed by atoms with Gasteiger partial charge in [0.25, 0.3) is 0 Å². The molecule has 2 atom stereocenters. The Hall–Kier alpha value is -2.01. The topological polar surface area (TPSA) is 103 Å². The number of esters is 2. The van der Waals surface area contributed by atoms with Crippen molar-refractivity contribution < 1.29 is 33.3 Å². The van der Waals surface area contributed by atoms with Gasteiger partial charge in [0.1, 0.15) is 16.5 Å². The Kier molecular flexibility index (Phi) is 9.03. The summed E-state index contributed by atoms with van der Waals surface area (Å²) in [5, 5.41) is 3.14. The lowest BCUT2D eigenvalue weighted by molar-refractivity contribution is -0.124. The number of hydrogen-bond acceptors (Lipinski definition) is 9. The van der Waals surface area contributed by atoms with Gasteiger partial charge in [0, 0.05) is 19.7 Å². The number of fused-ring (bicyclic) bond motifs is 1. The van der Waals surface area contributed by atoms with Crippen LogP contribution in [0.1, 0.15) is 58.2 Å². The summed E-state index contributed by atoms with van der Waals surface area (Å²) in [4.78, 5) is 40.4. The van der Waals surface area contributed by atoms with Gasteiger partial charge < -0.3 is 24.3 Å². The second kappa shape index (κ2) is 11.7. The van der Waals surface area contributed by atoms with Crippen LogP contribution in [-0.4, -0.2) is 81.5 Å². The zero-order valence-corrected chi connectivity index (χ0v) is 19.8. The Morgan fingerprint density at radius 2 is 1.94 bits per heavy atom. The molecule has 32 heavy (non-hydrogen) atoms. The normalized spacial score (nSPS) is 21.0. The van der Waals surface area contributed by atoms with Crippen molar-refractivity contribution in [3.8, 4) is 0 Å². The number of nitrogens with one attached hydrogen (secondary N) is 1. The van der Waals surface area contributed by atoms with Crippen LogP contribution in [0, 0.1) is 6.92 Å². The Morgan fingerprint density at radius 3 is 2.69 bits per heavy atom. The SMILES string of the molecule is CCOC(=O)c1c(NC(=O)CN2CCOC3CCCCC32)sc(C(=O)OCCOC)c1C. The second-order valence-corrected chi connectivity index (χ2v) is 8.91. The summed E-state index contributed by atoms with van der Waals surface area (Å²) in [6.07, 6.45) is 4.50. The highest BCUT2D eigenvalue weighted by atomic mass is 32.1. The summed E-state index contributed by atoms with van der Waals surface area (Å²) >= 11 is 1.03. The molecule has 2 unspecified atom stereocenters. The van der Waals surface area contributed by atoms with E-state index in [1.54, 1.807) is 13.8 Å². The molecular weight excluding hydrogens is 436 g/mol. The van der Waals surface area contributed by atoms with Gasteiger partial charge in [0.05, 0.1) is 38.0 Å². The van der Waals surface area contributed by atoms with Crippen molar-refractivity contribution in [2.45, 2.75) is 51.7 Å². The van der Waals surface area contributed by atoms with Crippen molar-refractivity contribution in [2.24, 2.45) is 0 Å². The van der Waals surface area contributed by atoms with Crippen molar-refractivity contribution in [3.63, 3.8) is 0 Å². The van der Waals surface area contributed by atoms with E-state index in [1.165, 1.54) is 7.11 Å². The summed E-state index contributed by atoms with van der Waals surface area (Å²) < 4.78 is 21.1. The zero-order valence-electron chi connectivity index (χ0n) is 18.9. The average Bonchev–Trinajstić information content (AvgIpc) is 3.10. The van der Waals surface area contributed by atoms with Crippen LogP contribution in [0.3, 0.4) is 0 Å². The first-order valence-corrected chi connectivity index (χ1v) is 11.9. The maximum absolute atomic E-state index is 12.9. The van der Waals surface area contributed by atoms with E-state index in [1.807, 2.05) is 0 Å². The van der Waals surface area contributed by atoms with E-state index in [0.29, 0.717) is 23.7 Å². The highest BCUT2D eigenvalue weighted by Gasteiger charge is 2.35. The number of carbonyl (C=O) groups excluding carboxylic acids is 3. The molecule has 1 amide bonds. The highest BCUT2D eigenvalue weighted by molar-refractivity contribution is 7.18. The molecule has 2 fully saturated rings. The molecular formula is C22H32N2O7S. The molecule has 1 aliphatic carbocycles. The van der Waals surface area contributed by atoms with Gasteiger partial charge in [-0.05, 0) is 32.3 Å².